The average Bonchev–Trinajstić information content (AvgIpc) is 2.39. The lowest BCUT2D eigenvalue weighted by Gasteiger charge is -2.44. The molecule has 6 heteroatoms. The highest BCUT2D eigenvalue weighted by molar-refractivity contribution is 5.79. The van der Waals surface area contributed by atoms with Crippen LogP contribution in [-0.2, 0) is 9.53 Å². The Balaban J connectivity index is 2.53. The summed E-state index contributed by atoms with van der Waals surface area (Å²) in [6.45, 7) is 3.54. The van der Waals surface area contributed by atoms with Gasteiger partial charge in [0, 0.05) is 6.42 Å². The lowest BCUT2D eigenvalue weighted by atomic mass is 9.89. The molecule has 0 spiro atoms. The van der Waals surface area contributed by atoms with Crippen LogP contribution in [0.1, 0.15) is 52.4 Å². The fourth-order valence-corrected chi connectivity index (χ4v) is 2.46. The highest BCUT2D eigenvalue weighted by atomic mass is 16.7. The summed E-state index contributed by atoms with van der Waals surface area (Å²) in [6.07, 6.45) is -1.64. The molecule has 0 amide bonds. The second-order valence-corrected chi connectivity index (χ2v) is 5.62. The number of ketones is 1. The number of Topliss-reactive ketones (excluding diaryl/α,β-unsaturated/α-hetero) is 1. The van der Waals surface area contributed by atoms with Crippen LogP contribution in [0.4, 0.5) is 0 Å². The van der Waals surface area contributed by atoms with E-state index in [4.69, 9.17) is 4.74 Å². The minimum atomic E-state index is -2.13. The Kier molecular flexibility index (Phi) is 6.54. The number of ether oxygens (including phenoxy) is 1. The number of carbonyl (C=O) groups is 1. The third-order valence-corrected chi connectivity index (χ3v) is 3.77. The second kappa shape index (κ2) is 7.47. The van der Waals surface area contributed by atoms with Gasteiger partial charge in [0.2, 0.25) is 5.79 Å². The fraction of sp³-hybridized carbons (Fsp3) is 0.929. The molecule has 0 aromatic rings. The lowest BCUT2D eigenvalue weighted by Crippen LogP contribution is -2.64. The molecule has 0 saturated carbocycles. The Hall–Kier alpha value is -0.530. The molecule has 1 rings (SSSR count). The molecule has 0 bridgehead atoms. The first kappa shape index (κ1) is 17.5. The van der Waals surface area contributed by atoms with Crippen LogP contribution in [0.3, 0.4) is 0 Å². The molecular weight excluding hydrogens is 264 g/mol. The van der Waals surface area contributed by atoms with Crippen molar-refractivity contribution in [3.63, 3.8) is 0 Å². The lowest BCUT2D eigenvalue weighted by molar-refractivity contribution is -0.341. The SMILES string of the molecule is CCCCCCC(=O)C[C@]1(O)O[C@@H](C)[C@@H](O)[C@@H](O)[C@@H]1O. The third-order valence-electron chi connectivity index (χ3n) is 3.77. The van der Waals surface area contributed by atoms with E-state index in [1.54, 1.807) is 0 Å². The van der Waals surface area contributed by atoms with Gasteiger partial charge in [-0.3, -0.25) is 4.79 Å². The van der Waals surface area contributed by atoms with Gasteiger partial charge in [-0.15, -0.1) is 0 Å². The molecular formula is C14H26O6. The smallest absolute Gasteiger partial charge is 0.202 e. The van der Waals surface area contributed by atoms with Crippen LogP contribution in [-0.4, -0.2) is 56.4 Å². The molecule has 1 saturated heterocycles. The molecule has 0 aromatic heterocycles. The zero-order valence-corrected chi connectivity index (χ0v) is 12.2. The Morgan fingerprint density at radius 1 is 1.15 bits per heavy atom. The zero-order valence-electron chi connectivity index (χ0n) is 12.2. The molecule has 0 unspecified atom stereocenters. The van der Waals surface area contributed by atoms with E-state index in [0.717, 1.165) is 25.7 Å². The van der Waals surface area contributed by atoms with Crippen LogP contribution < -0.4 is 0 Å². The molecule has 1 aliphatic rings. The fourth-order valence-electron chi connectivity index (χ4n) is 2.46. The first-order valence-electron chi connectivity index (χ1n) is 7.28. The Morgan fingerprint density at radius 2 is 1.80 bits per heavy atom. The number of carbonyl (C=O) groups excluding carboxylic acids is 1. The Labute approximate surface area is 119 Å². The molecule has 5 atom stereocenters. The number of rotatable bonds is 7. The molecule has 0 radical (unpaired) electrons. The van der Waals surface area contributed by atoms with Crippen LogP contribution in [0.15, 0.2) is 0 Å². The van der Waals surface area contributed by atoms with Gasteiger partial charge in [-0.25, -0.2) is 0 Å². The zero-order chi connectivity index (χ0) is 15.3. The normalized spacial score (nSPS) is 37.9. The van der Waals surface area contributed by atoms with Crippen LogP contribution >= 0.6 is 0 Å². The van der Waals surface area contributed by atoms with Gasteiger partial charge in [-0.2, -0.15) is 0 Å². The van der Waals surface area contributed by atoms with Gasteiger partial charge in [0.25, 0.3) is 0 Å². The molecule has 1 fully saturated rings. The molecule has 1 heterocycles. The van der Waals surface area contributed by atoms with Gasteiger partial charge in [0.05, 0.1) is 12.5 Å². The van der Waals surface area contributed by atoms with Gasteiger partial charge < -0.3 is 25.2 Å². The van der Waals surface area contributed by atoms with Crippen molar-refractivity contribution in [3.8, 4) is 0 Å². The third kappa shape index (κ3) is 4.23. The van der Waals surface area contributed by atoms with Crippen LogP contribution in [0, 0.1) is 0 Å². The summed E-state index contributed by atoms with van der Waals surface area (Å²) in [5.74, 6) is -2.35. The predicted octanol–water partition coefficient (Wildman–Crippen LogP) is 0.106. The maximum atomic E-state index is 11.8. The number of hydrogen-bond acceptors (Lipinski definition) is 6. The number of hydrogen-bond donors (Lipinski definition) is 4. The molecule has 6 nitrogen and oxygen atoms in total. The summed E-state index contributed by atoms with van der Waals surface area (Å²) in [5, 5.41) is 39.2. The van der Waals surface area contributed by atoms with Crippen molar-refractivity contribution in [1.82, 2.24) is 0 Å². The summed E-state index contributed by atoms with van der Waals surface area (Å²) in [5.41, 5.74) is 0. The predicted molar refractivity (Wildman–Crippen MR) is 71.9 cm³/mol. The number of aliphatic hydroxyl groups is 4. The summed E-state index contributed by atoms with van der Waals surface area (Å²) in [6, 6.07) is 0. The first-order chi connectivity index (χ1) is 9.31. The van der Waals surface area contributed by atoms with E-state index < -0.39 is 30.2 Å². The molecule has 20 heavy (non-hydrogen) atoms. The van der Waals surface area contributed by atoms with Gasteiger partial charge >= 0.3 is 0 Å². The van der Waals surface area contributed by atoms with E-state index in [0.29, 0.717) is 6.42 Å². The van der Waals surface area contributed by atoms with E-state index in [2.05, 4.69) is 6.92 Å². The van der Waals surface area contributed by atoms with Crippen molar-refractivity contribution in [1.29, 1.82) is 0 Å². The highest BCUT2D eigenvalue weighted by Crippen LogP contribution is 2.31. The molecule has 4 N–H and O–H groups in total. The first-order valence-corrected chi connectivity index (χ1v) is 7.28. The summed E-state index contributed by atoms with van der Waals surface area (Å²) in [4.78, 5) is 11.8. The van der Waals surface area contributed by atoms with Crippen LogP contribution in [0.25, 0.3) is 0 Å². The maximum Gasteiger partial charge on any atom is 0.202 e. The summed E-state index contributed by atoms with van der Waals surface area (Å²) >= 11 is 0. The van der Waals surface area contributed by atoms with E-state index in [9.17, 15) is 25.2 Å². The summed E-state index contributed by atoms with van der Waals surface area (Å²) < 4.78 is 5.14. The minimum absolute atomic E-state index is 0.224. The van der Waals surface area contributed by atoms with Crippen molar-refractivity contribution in [2.24, 2.45) is 0 Å². The molecule has 1 aliphatic heterocycles. The molecule has 118 valence electrons. The molecule has 0 aromatic carbocycles. The van der Waals surface area contributed by atoms with Gasteiger partial charge in [0.15, 0.2) is 0 Å². The van der Waals surface area contributed by atoms with Crippen molar-refractivity contribution >= 4 is 5.78 Å². The van der Waals surface area contributed by atoms with Crippen LogP contribution in [0.5, 0.6) is 0 Å². The molecule has 0 aliphatic carbocycles. The minimum Gasteiger partial charge on any atom is -0.388 e. The number of aliphatic hydroxyl groups excluding tert-OH is 3. The van der Waals surface area contributed by atoms with E-state index in [-0.39, 0.29) is 12.2 Å². The van der Waals surface area contributed by atoms with Gasteiger partial charge in [-0.1, -0.05) is 26.2 Å². The maximum absolute atomic E-state index is 11.8. The Morgan fingerprint density at radius 3 is 2.40 bits per heavy atom. The van der Waals surface area contributed by atoms with Crippen molar-refractivity contribution in [3.05, 3.63) is 0 Å². The standard InChI is InChI=1S/C14H26O6/c1-3-4-5-6-7-10(15)8-14(19)13(18)12(17)11(16)9(2)20-14/h9,11-13,16-19H,3-8H2,1-2H3/t9-,11+,12+,13-,14-/m0/s1. The van der Waals surface area contributed by atoms with Crippen molar-refractivity contribution < 1.29 is 30.0 Å². The Bertz CT molecular complexity index is 321. The number of unbranched alkanes of at least 4 members (excludes halogenated alkanes) is 3. The topological polar surface area (TPSA) is 107 Å². The average molecular weight is 290 g/mol. The van der Waals surface area contributed by atoms with E-state index in [1.165, 1.54) is 6.92 Å². The summed E-state index contributed by atoms with van der Waals surface area (Å²) in [7, 11) is 0. The van der Waals surface area contributed by atoms with Crippen molar-refractivity contribution in [2.45, 2.75) is 82.6 Å². The van der Waals surface area contributed by atoms with E-state index in [1.807, 2.05) is 0 Å². The van der Waals surface area contributed by atoms with Crippen molar-refractivity contribution in [2.75, 3.05) is 0 Å². The second-order valence-electron chi connectivity index (χ2n) is 5.62. The van der Waals surface area contributed by atoms with Crippen LogP contribution in [0.2, 0.25) is 0 Å². The highest BCUT2D eigenvalue weighted by Gasteiger charge is 2.52. The monoisotopic (exact) mass is 290 g/mol. The quantitative estimate of drug-likeness (QED) is 0.496. The van der Waals surface area contributed by atoms with E-state index >= 15 is 0 Å². The van der Waals surface area contributed by atoms with Gasteiger partial charge in [-0.05, 0) is 13.3 Å². The van der Waals surface area contributed by atoms with Gasteiger partial charge in [0.1, 0.15) is 24.1 Å². The largest absolute Gasteiger partial charge is 0.388 e.